The van der Waals surface area contributed by atoms with Gasteiger partial charge in [0.15, 0.2) is 0 Å². The quantitative estimate of drug-likeness (QED) is 0.168. The molecule has 3 heteroatoms. The molecule has 0 saturated heterocycles. The molecule has 0 aliphatic heterocycles. The van der Waals surface area contributed by atoms with Gasteiger partial charge in [-0.2, -0.15) is 0 Å². The fourth-order valence-electron chi connectivity index (χ4n) is 12.9. The van der Waals surface area contributed by atoms with Crippen molar-refractivity contribution in [1.82, 2.24) is 13.2 Å². The van der Waals surface area contributed by atoms with Crippen LogP contribution >= 0.6 is 0 Å². The normalized spacial score (nSPS) is 13.2. The van der Waals surface area contributed by atoms with E-state index in [4.69, 9.17) is 0 Å². The Morgan fingerprint density at radius 3 is 1.00 bits per heavy atom. The first-order chi connectivity index (χ1) is 34.5. The second-order valence-electron chi connectivity index (χ2n) is 22.6. The molecule has 0 bridgehead atoms. The Morgan fingerprint density at radius 2 is 0.549 bits per heavy atom. The topological polar surface area (TPSA) is 13.2 Å². The van der Waals surface area contributed by atoms with Crippen LogP contribution in [-0.4, -0.2) is 13.2 Å². The summed E-state index contributed by atoms with van der Waals surface area (Å²) in [6.45, 7) is 14.0. The third kappa shape index (κ3) is 5.18. The van der Waals surface area contributed by atoms with Gasteiger partial charge in [0.2, 0.25) is 0 Å². The summed E-state index contributed by atoms with van der Waals surface area (Å²) in [7, 11) is 0. The highest BCUT2D eigenvalue weighted by Crippen LogP contribution is 2.50. The second-order valence-corrected chi connectivity index (χ2v) is 22.6. The molecule has 71 heavy (non-hydrogen) atoms. The second kappa shape index (κ2) is 13.3. The summed E-state index contributed by atoms with van der Waals surface area (Å²) >= 11 is 0. The van der Waals surface area contributed by atoms with Crippen molar-refractivity contribution in [1.29, 1.82) is 0 Å². The van der Waals surface area contributed by atoms with E-state index in [1.165, 1.54) is 159 Å². The molecule has 10 aromatic carbocycles. The van der Waals surface area contributed by atoms with E-state index in [0.29, 0.717) is 0 Å². The molecule has 3 nitrogen and oxygen atoms in total. The molecule has 336 valence electrons. The molecule has 0 atom stereocenters. The Morgan fingerprint density at radius 1 is 0.225 bits per heavy atom. The molecular formula is C68H49N3. The fraction of sp³-hybridized carbons (Fsp3) is 0.118. The van der Waals surface area contributed by atoms with Crippen LogP contribution in [0, 0.1) is 0 Å². The molecule has 0 fully saturated rings. The van der Waals surface area contributed by atoms with Crippen molar-refractivity contribution in [2.24, 2.45) is 0 Å². The van der Waals surface area contributed by atoms with Gasteiger partial charge in [-0.05, 0) is 140 Å². The monoisotopic (exact) mass is 907 g/mol. The number of benzene rings is 10. The van der Waals surface area contributed by atoms with E-state index in [0.717, 1.165) is 0 Å². The Balaban J connectivity index is 1.07. The van der Waals surface area contributed by atoms with E-state index in [1.807, 2.05) is 0 Å². The molecule has 6 aromatic heterocycles. The summed E-state index contributed by atoms with van der Waals surface area (Å²) in [4.78, 5) is 0. The van der Waals surface area contributed by atoms with E-state index in [1.54, 1.807) is 0 Å². The third-order valence-corrected chi connectivity index (χ3v) is 16.5. The lowest BCUT2D eigenvalue weighted by molar-refractivity contribution is 0.590. The Hall–Kier alpha value is -8.40. The van der Waals surface area contributed by atoms with Crippen LogP contribution < -0.4 is 0 Å². The van der Waals surface area contributed by atoms with Gasteiger partial charge in [-0.3, -0.25) is 0 Å². The SMILES string of the molecule is CC(C)(C)c1ccc2c(c1)c1cc(C(C)(C)C)cc3c4cc5c6cc(-c7ccccc7)cc7c8cc9c(cc8n(c5cc4n2c13)c76)c1cc(-c2ccccc2)cc2c3cc(-c4ccccc4)ccc3n9c21. The van der Waals surface area contributed by atoms with E-state index in [-0.39, 0.29) is 10.8 Å². The van der Waals surface area contributed by atoms with Gasteiger partial charge < -0.3 is 13.2 Å². The maximum absolute atomic E-state index is 2.62. The Labute approximate surface area is 410 Å². The van der Waals surface area contributed by atoms with Crippen LogP contribution in [0.1, 0.15) is 52.7 Å². The summed E-state index contributed by atoms with van der Waals surface area (Å²) in [5.41, 5.74) is 21.5. The fourth-order valence-corrected chi connectivity index (χ4v) is 12.9. The van der Waals surface area contributed by atoms with Gasteiger partial charge >= 0.3 is 0 Å². The molecule has 6 heterocycles. The maximum atomic E-state index is 2.62. The first-order valence-corrected chi connectivity index (χ1v) is 25.2. The van der Waals surface area contributed by atoms with Gasteiger partial charge in [-0.1, -0.05) is 145 Å². The van der Waals surface area contributed by atoms with Gasteiger partial charge in [0, 0.05) is 64.6 Å². The van der Waals surface area contributed by atoms with Gasteiger partial charge in [-0.25, -0.2) is 0 Å². The maximum Gasteiger partial charge on any atom is 0.0620 e. The highest BCUT2D eigenvalue weighted by Gasteiger charge is 2.28. The summed E-state index contributed by atoms with van der Waals surface area (Å²) in [5.74, 6) is 0. The Bertz CT molecular complexity index is 4900. The van der Waals surface area contributed by atoms with Crippen molar-refractivity contribution in [3.05, 3.63) is 199 Å². The lowest BCUT2D eigenvalue weighted by Gasteiger charge is -2.20. The van der Waals surface area contributed by atoms with E-state index >= 15 is 0 Å². The van der Waals surface area contributed by atoms with Crippen LogP contribution in [0.4, 0.5) is 0 Å². The molecule has 0 spiro atoms. The summed E-state index contributed by atoms with van der Waals surface area (Å²) in [5, 5.41) is 15.6. The lowest BCUT2D eigenvalue weighted by Crippen LogP contribution is -2.11. The molecule has 16 rings (SSSR count). The molecule has 0 aliphatic carbocycles. The van der Waals surface area contributed by atoms with E-state index < -0.39 is 0 Å². The van der Waals surface area contributed by atoms with Crippen LogP contribution in [0.15, 0.2) is 188 Å². The zero-order chi connectivity index (χ0) is 47.4. The first kappa shape index (κ1) is 39.4. The molecule has 0 N–H and O–H groups in total. The highest BCUT2D eigenvalue weighted by atomic mass is 15.0. The van der Waals surface area contributed by atoms with Crippen molar-refractivity contribution in [2.45, 2.75) is 52.4 Å². The van der Waals surface area contributed by atoms with Crippen LogP contribution in [0.3, 0.4) is 0 Å². The standard InChI is InChI=1S/C68H49N3/c1-67(2,3)44-23-25-59-47(31-44)56-32-45(68(4,5)6)33-57-49-34-48-53-28-43(40-20-14-9-15-21-40)30-55-51-35-60-50(36-61(51)71(65(53)55)63(48)37-62(49)70(59)66(56)57)54-29-42(39-18-12-8-13-19-39)27-52-46-26-41(38-16-10-7-11-17-38)22-24-58(46)69(60)64(52)54/h7-37H,1-6H3. The van der Waals surface area contributed by atoms with Crippen LogP contribution in [0.5, 0.6) is 0 Å². The third-order valence-electron chi connectivity index (χ3n) is 16.5. The first-order valence-electron chi connectivity index (χ1n) is 25.2. The molecule has 0 radical (unpaired) electrons. The molecule has 0 saturated carbocycles. The number of nitrogens with zero attached hydrogens (tertiary/aromatic N) is 3. The minimum absolute atomic E-state index is 0.0155. The molecule has 0 unspecified atom stereocenters. The van der Waals surface area contributed by atoms with E-state index in [2.05, 4.69) is 243 Å². The highest BCUT2D eigenvalue weighted by molar-refractivity contribution is 6.32. The van der Waals surface area contributed by atoms with Crippen LogP contribution in [-0.2, 0) is 10.8 Å². The molecule has 16 aromatic rings. The predicted molar refractivity (Wildman–Crippen MR) is 304 cm³/mol. The minimum Gasteiger partial charge on any atom is -0.308 e. The van der Waals surface area contributed by atoms with Crippen molar-refractivity contribution < 1.29 is 0 Å². The molecule has 0 aliphatic rings. The minimum atomic E-state index is -0.0155. The predicted octanol–water partition coefficient (Wildman–Crippen LogP) is 18.7. The van der Waals surface area contributed by atoms with Crippen molar-refractivity contribution in [3.63, 3.8) is 0 Å². The van der Waals surface area contributed by atoms with Gasteiger partial charge in [-0.15, -0.1) is 0 Å². The van der Waals surface area contributed by atoms with Gasteiger partial charge in [0.1, 0.15) is 0 Å². The van der Waals surface area contributed by atoms with Gasteiger partial charge in [0.25, 0.3) is 0 Å². The summed E-state index contributed by atoms with van der Waals surface area (Å²) in [6.07, 6.45) is 0. The molecule has 0 amide bonds. The zero-order valence-electron chi connectivity index (χ0n) is 40.7. The van der Waals surface area contributed by atoms with Crippen LogP contribution in [0.2, 0.25) is 0 Å². The number of aromatic nitrogens is 3. The van der Waals surface area contributed by atoms with Gasteiger partial charge in [0.05, 0.1) is 49.7 Å². The van der Waals surface area contributed by atoms with Crippen molar-refractivity contribution >= 4 is 114 Å². The Kier molecular flexibility index (Phi) is 7.37. The van der Waals surface area contributed by atoms with Crippen molar-refractivity contribution in [3.8, 4) is 33.4 Å². The lowest BCUT2D eigenvalue weighted by atomic mass is 9.84. The van der Waals surface area contributed by atoms with Crippen LogP contribution in [0.25, 0.3) is 148 Å². The van der Waals surface area contributed by atoms with Crippen molar-refractivity contribution in [2.75, 3.05) is 0 Å². The number of hydrogen-bond donors (Lipinski definition) is 0. The summed E-state index contributed by atoms with van der Waals surface area (Å²) in [6, 6.07) is 71.9. The number of hydrogen-bond acceptors (Lipinski definition) is 0. The largest absolute Gasteiger partial charge is 0.308 e. The smallest absolute Gasteiger partial charge is 0.0620 e. The number of fused-ring (bicyclic) bond motifs is 18. The summed E-state index contributed by atoms with van der Waals surface area (Å²) < 4.78 is 7.76. The average Bonchev–Trinajstić information content (AvgIpc) is 4.22. The number of rotatable bonds is 3. The zero-order valence-corrected chi connectivity index (χ0v) is 40.7. The average molecular weight is 908 g/mol. The molecular weight excluding hydrogens is 859 g/mol. The van der Waals surface area contributed by atoms with E-state index in [9.17, 15) is 0 Å².